The highest BCUT2D eigenvalue weighted by Crippen LogP contribution is 2.42. The van der Waals surface area contributed by atoms with E-state index >= 15 is 0 Å². The minimum Gasteiger partial charge on any atom is -0.267 e. The maximum absolute atomic E-state index is 12.8. The molecule has 5 rings (SSSR count). The Balaban J connectivity index is 1.53. The van der Waals surface area contributed by atoms with E-state index in [0.29, 0.717) is 5.92 Å². The maximum atomic E-state index is 12.8. The fraction of sp³-hybridized carbons (Fsp3) is 0.300. The molecule has 0 spiro atoms. The highest BCUT2D eigenvalue weighted by molar-refractivity contribution is 5.99. The van der Waals surface area contributed by atoms with Gasteiger partial charge in [0.25, 0.3) is 5.91 Å². The number of fused-ring (bicyclic) bond motifs is 1. The van der Waals surface area contributed by atoms with Crippen molar-refractivity contribution in [2.75, 3.05) is 0 Å². The van der Waals surface area contributed by atoms with Gasteiger partial charge < -0.3 is 0 Å². The Morgan fingerprint density at radius 1 is 1.15 bits per heavy atom. The Bertz CT molecular complexity index is 1070. The van der Waals surface area contributed by atoms with Gasteiger partial charge in [0.05, 0.1) is 18.1 Å². The molecule has 3 aromatic rings. The number of carbonyl (C=O) groups is 1. The topological polar surface area (TPSA) is 65.6 Å². The lowest BCUT2D eigenvalue weighted by Crippen LogP contribution is -2.25. The van der Waals surface area contributed by atoms with Gasteiger partial charge in [-0.1, -0.05) is 5.57 Å². The number of rotatable bonds is 3. The van der Waals surface area contributed by atoms with Crippen LogP contribution in [0.15, 0.2) is 48.1 Å². The van der Waals surface area contributed by atoms with Crippen molar-refractivity contribution >= 4 is 5.91 Å². The molecule has 130 valence electrons. The maximum Gasteiger partial charge on any atom is 0.274 e. The first-order chi connectivity index (χ1) is 12.6. The third kappa shape index (κ3) is 2.33. The molecular weight excluding hydrogens is 326 g/mol. The van der Waals surface area contributed by atoms with Gasteiger partial charge in [-0.2, -0.15) is 10.2 Å². The van der Waals surface area contributed by atoms with Gasteiger partial charge in [0, 0.05) is 35.5 Å². The first kappa shape index (κ1) is 15.3. The fourth-order valence-electron chi connectivity index (χ4n) is 3.73. The summed E-state index contributed by atoms with van der Waals surface area (Å²) < 4.78 is 3.34. The molecule has 2 aliphatic rings. The van der Waals surface area contributed by atoms with Crippen molar-refractivity contribution in [1.29, 1.82) is 0 Å². The number of aromatic nitrogens is 5. The number of nitrogens with zero attached hydrogens (tertiary/aromatic N) is 5. The predicted molar refractivity (Wildman–Crippen MR) is 97.1 cm³/mol. The van der Waals surface area contributed by atoms with E-state index in [1.165, 1.54) is 5.57 Å². The standard InChI is InChI=1S/C20H19N5O/c1-12-5-6-21-18(7-12)24-11-15(9-22-24)16-10-23-25-17(16)8-13(2)19(20(25)26)14-3-4-14/h5-7,9-11,14H,3-4,8H2,1-2H3. The molecule has 6 heteroatoms. The van der Waals surface area contributed by atoms with Crippen molar-refractivity contribution in [3.63, 3.8) is 0 Å². The Kier molecular flexibility index (Phi) is 3.22. The van der Waals surface area contributed by atoms with Crippen LogP contribution in [-0.2, 0) is 6.42 Å². The number of allylic oxidation sites excluding steroid dienone is 2. The molecule has 1 aliphatic carbocycles. The third-order valence-electron chi connectivity index (χ3n) is 5.20. The largest absolute Gasteiger partial charge is 0.274 e. The fourth-order valence-corrected chi connectivity index (χ4v) is 3.73. The van der Waals surface area contributed by atoms with Crippen LogP contribution in [0.1, 0.15) is 35.8 Å². The van der Waals surface area contributed by atoms with E-state index in [9.17, 15) is 4.79 Å². The van der Waals surface area contributed by atoms with Gasteiger partial charge in [0.1, 0.15) is 0 Å². The van der Waals surface area contributed by atoms with Gasteiger partial charge in [-0.05, 0) is 50.3 Å². The number of carbonyl (C=O) groups excluding carboxylic acids is 1. The highest BCUT2D eigenvalue weighted by atomic mass is 16.2. The molecule has 1 fully saturated rings. The molecule has 6 nitrogen and oxygen atoms in total. The SMILES string of the molecule is CC1=C(C2CC2)C(=O)n2ncc(-c3cnn(-c4cc(C)ccn4)c3)c2C1. The molecule has 1 saturated carbocycles. The summed E-state index contributed by atoms with van der Waals surface area (Å²) in [6, 6.07) is 3.95. The van der Waals surface area contributed by atoms with Crippen molar-refractivity contribution in [1.82, 2.24) is 24.5 Å². The Morgan fingerprint density at radius 2 is 2.00 bits per heavy atom. The Labute approximate surface area is 151 Å². The normalized spacial score (nSPS) is 16.9. The quantitative estimate of drug-likeness (QED) is 0.730. The Morgan fingerprint density at radius 3 is 2.77 bits per heavy atom. The molecule has 0 aromatic carbocycles. The second-order valence-corrected chi connectivity index (χ2v) is 7.23. The molecule has 3 aromatic heterocycles. The van der Waals surface area contributed by atoms with Crippen LogP contribution in [0.3, 0.4) is 0 Å². The van der Waals surface area contributed by atoms with Crippen LogP contribution in [0, 0.1) is 12.8 Å². The monoisotopic (exact) mass is 345 g/mol. The third-order valence-corrected chi connectivity index (χ3v) is 5.20. The van der Waals surface area contributed by atoms with Crippen molar-refractivity contribution in [3.05, 3.63) is 59.3 Å². The van der Waals surface area contributed by atoms with Crippen molar-refractivity contribution in [2.24, 2.45) is 5.92 Å². The first-order valence-corrected chi connectivity index (χ1v) is 8.91. The zero-order chi connectivity index (χ0) is 17.8. The highest BCUT2D eigenvalue weighted by Gasteiger charge is 2.37. The summed E-state index contributed by atoms with van der Waals surface area (Å²) in [7, 11) is 0. The van der Waals surface area contributed by atoms with Crippen molar-refractivity contribution in [2.45, 2.75) is 33.1 Å². The molecular formula is C20H19N5O. The molecule has 0 unspecified atom stereocenters. The molecule has 0 bridgehead atoms. The predicted octanol–water partition coefficient (Wildman–Crippen LogP) is 3.36. The number of pyridine rings is 1. The van der Waals surface area contributed by atoms with Gasteiger partial charge in [-0.15, -0.1) is 0 Å². The van der Waals surface area contributed by atoms with Crippen LogP contribution < -0.4 is 0 Å². The summed E-state index contributed by atoms with van der Waals surface area (Å²) in [4.78, 5) is 17.2. The van der Waals surface area contributed by atoms with Gasteiger partial charge in [0.2, 0.25) is 0 Å². The van der Waals surface area contributed by atoms with E-state index in [-0.39, 0.29) is 5.91 Å². The van der Waals surface area contributed by atoms with Gasteiger partial charge in [-0.25, -0.2) is 14.3 Å². The number of hydrogen-bond acceptors (Lipinski definition) is 4. The molecule has 26 heavy (non-hydrogen) atoms. The van der Waals surface area contributed by atoms with Crippen LogP contribution in [0.4, 0.5) is 0 Å². The lowest BCUT2D eigenvalue weighted by atomic mass is 9.94. The van der Waals surface area contributed by atoms with Crippen molar-refractivity contribution in [3.8, 4) is 16.9 Å². The van der Waals surface area contributed by atoms with Crippen LogP contribution in [-0.4, -0.2) is 30.5 Å². The van der Waals surface area contributed by atoms with Crippen molar-refractivity contribution < 1.29 is 4.79 Å². The summed E-state index contributed by atoms with van der Waals surface area (Å²) in [5, 5.41) is 8.83. The summed E-state index contributed by atoms with van der Waals surface area (Å²) >= 11 is 0. The zero-order valence-electron chi connectivity index (χ0n) is 14.8. The lowest BCUT2D eigenvalue weighted by Gasteiger charge is -2.19. The van der Waals surface area contributed by atoms with Crippen LogP contribution in [0.25, 0.3) is 16.9 Å². The lowest BCUT2D eigenvalue weighted by molar-refractivity contribution is 0.0924. The van der Waals surface area contributed by atoms with Crippen LogP contribution in [0.5, 0.6) is 0 Å². The van der Waals surface area contributed by atoms with Gasteiger partial charge in [0.15, 0.2) is 5.82 Å². The van der Waals surface area contributed by atoms with E-state index in [1.54, 1.807) is 21.8 Å². The second kappa shape index (κ2) is 5.49. The molecule has 0 radical (unpaired) electrons. The van der Waals surface area contributed by atoms with Gasteiger partial charge in [-0.3, -0.25) is 4.79 Å². The average Bonchev–Trinajstić information content (AvgIpc) is 3.17. The van der Waals surface area contributed by atoms with E-state index in [4.69, 9.17) is 0 Å². The van der Waals surface area contributed by atoms with E-state index < -0.39 is 0 Å². The smallest absolute Gasteiger partial charge is 0.267 e. The first-order valence-electron chi connectivity index (χ1n) is 8.91. The van der Waals surface area contributed by atoms with E-state index in [2.05, 4.69) is 22.1 Å². The molecule has 4 heterocycles. The molecule has 1 aliphatic heterocycles. The van der Waals surface area contributed by atoms with Gasteiger partial charge >= 0.3 is 0 Å². The zero-order valence-corrected chi connectivity index (χ0v) is 14.8. The number of hydrogen-bond donors (Lipinski definition) is 0. The van der Waals surface area contributed by atoms with Crippen LogP contribution in [0.2, 0.25) is 0 Å². The van der Waals surface area contributed by atoms with E-state index in [0.717, 1.165) is 53.0 Å². The Hall–Kier alpha value is -3.02. The molecule has 0 saturated heterocycles. The minimum atomic E-state index is 0.0465. The molecule has 0 N–H and O–H groups in total. The molecule has 0 atom stereocenters. The average molecular weight is 345 g/mol. The molecule has 0 amide bonds. The van der Waals surface area contributed by atoms with Crippen LogP contribution >= 0.6 is 0 Å². The second-order valence-electron chi connectivity index (χ2n) is 7.23. The summed E-state index contributed by atoms with van der Waals surface area (Å²) in [5.74, 6) is 1.27. The summed E-state index contributed by atoms with van der Waals surface area (Å²) in [6.45, 7) is 4.10. The summed E-state index contributed by atoms with van der Waals surface area (Å²) in [5.41, 5.74) is 6.16. The minimum absolute atomic E-state index is 0.0465. The van der Waals surface area contributed by atoms with E-state index in [1.807, 2.05) is 31.5 Å². The summed E-state index contributed by atoms with van der Waals surface area (Å²) in [6.07, 6.45) is 10.3. The number of aryl methyl sites for hydroxylation is 1.